The largest absolute Gasteiger partial charge is 0.454 e. The van der Waals surface area contributed by atoms with E-state index in [2.05, 4.69) is 10.2 Å². The number of nitrogens with one attached hydrogen (secondary N) is 1. The van der Waals surface area contributed by atoms with Crippen LogP contribution in [0, 0.1) is 0 Å². The van der Waals surface area contributed by atoms with Crippen molar-refractivity contribution in [3.8, 4) is 23.0 Å². The molecule has 2 aromatic rings. The first-order valence-corrected chi connectivity index (χ1v) is 9.13. The number of likely N-dealkylation sites (N-methyl/N-ethyl adjacent to an activating group) is 1. The van der Waals surface area contributed by atoms with Crippen molar-refractivity contribution in [2.75, 3.05) is 34.2 Å². The summed E-state index contributed by atoms with van der Waals surface area (Å²) in [5, 5.41) is 2.96. The van der Waals surface area contributed by atoms with Crippen LogP contribution < -0.4 is 24.3 Å². The van der Waals surface area contributed by atoms with Crippen LogP contribution in [0.2, 0.25) is 0 Å². The Morgan fingerprint density at radius 1 is 1.04 bits per heavy atom. The SMILES string of the molecule is CN(C)CCc1cc2c(cc1C=C1NC(=O)c3c1ccc1c3OCO1)OCO2. The Morgan fingerprint density at radius 3 is 2.61 bits per heavy atom. The Balaban J connectivity index is 1.58. The summed E-state index contributed by atoms with van der Waals surface area (Å²) in [6.45, 7) is 1.26. The highest BCUT2D eigenvalue weighted by molar-refractivity contribution is 6.14. The number of hydrogen-bond donors (Lipinski definition) is 1. The molecule has 1 amide bonds. The standard InChI is InChI=1S/C21H20N2O5/c1-23(2)6-5-12-8-17-18(27-10-26-17)9-13(12)7-15-14-3-4-16-20(28-11-25-16)19(14)21(24)22-15/h3-4,7-9H,5-6,10-11H2,1-2H3,(H,22,24). The van der Waals surface area contributed by atoms with Gasteiger partial charge < -0.3 is 29.2 Å². The molecule has 0 saturated heterocycles. The molecule has 2 aromatic carbocycles. The molecule has 28 heavy (non-hydrogen) atoms. The third-order valence-corrected chi connectivity index (χ3v) is 5.07. The fraction of sp³-hybridized carbons (Fsp3) is 0.286. The summed E-state index contributed by atoms with van der Waals surface area (Å²) >= 11 is 0. The van der Waals surface area contributed by atoms with Crippen molar-refractivity contribution in [2.45, 2.75) is 6.42 Å². The zero-order valence-electron chi connectivity index (χ0n) is 15.7. The maximum atomic E-state index is 12.6. The van der Waals surface area contributed by atoms with Crippen LogP contribution >= 0.6 is 0 Å². The minimum atomic E-state index is -0.181. The van der Waals surface area contributed by atoms with Gasteiger partial charge in [0.2, 0.25) is 13.6 Å². The summed E-state index contributed by atoms with van der Waals surface area (Å²) in [4.78, 5) is 14.7. The Morgan fingerprint density at radius 2 is 1.79 bits per heavy atom. The van der Waals surface area contributed by atoms with Gasteiger partial charge in [-0.3, -0.25) is 4.79 Å². The van der Waals surface area contributed by atoms with Gasteiger partial charge in [0.25, 0.3) is 5.91 Å². The van der Waals surface area contributed by atoms with E-state index in [4.69, 9.17) is 18.9 Å². The van der Waals surface area contributed by atoms with Gasteiger partial charge in [-0.25, -0.2) is 0 Å². The number of ether oxygens (including phenoxy) is 4. The molecule has 0 aliphatic carbocycles. The molecule has 0 radical (unpaired) electrons. The van der Waals surface area contributed by atoms with Crippen LogP contribution in [-0.2, 0) is 6.42 Å². The molecule has 3 aliphatic rings. The number of rotatable bonds is 4. The van der Waals surface area contributed by atoms with Gasteiger partial charge in [-0.15, -0.1) is 0 Å². The quantitative estimate of drug-likeness (QED) is 0.879. The van der Waals surface area contributed by atoms with Crippen LogP contribution in [-0.4, -0.2) is 45.0 Å². The first kappa shape index (κ1) is 16.9. The third-order valence-electron chi connectivity index (χ3n) is 5.07. The van der Waals surface area contributed by atoms with Gasteiger partial charge in [-0.1, -0.05) is 0 Å². The van der Waals surface area contributed by atoms with Gasteiger partial charge in [0.05, 0.1) is 5.56 Å². The highest BCUT2D eigenvalue weighted by Crippen LogP contribution is 2.43. The minimum absolute atomic E-state index is 0.134. The maximum absolute atomic E-state index is 12.6. The van der Waals surface area contributed by atoms with Crippen LogP contribution in [0.15, 0.2) is 24.3 Å². The van der Waals surface area contributed by atoms with Crippen LogP contribution in [0.4, 0.5) is 0 Å². The number of fused-ring (bicyclic) bond motifs is 4. The van der Waals surface area contributed by atoms with Crippen molar-refractivity contribution in [3.63, 3.8) is 0 Å². The van der Waals surface area contributed by atoms with Crippen LogP contribution in [0.3, 0.4) is 0 Å². The number of carbonyl (C=O) groups excluding carboxylic acids is 1. The van der Waals surface area contributed by atoms with Crippen molar-refractivity contribution in [2.24, 2.45) is 0 Å². The molecule has 0 atom stereocenters. The maximum Gasteiger partial charge on any atom is 0.260 e. The predicted molar refractivity (Wildman–Crippen MR) is 103 cm³/mol. The summed E-state index contributed by atoms with van der Waals surface area (Å²) < 4.78 is 22.0. The van der Waals surface area contributed by atoms with Crippen molar-refractivity contribution in [1.82, 2.24) is 10.2 Å². The first-order chi connectivity index (χ1) is 13.6. The second kappa shape index (κ2) is 6.45. The number of benzene rings is 2. The molecule has 3 aliphatic heterocycles. The van der Waals surface area contributed by atoms with Crippen LogP contribution in [0.1, 0.15) is 27.0 Å². The Hall–Kier alpha value is -3.19. The summed E-state index contributed by atoms with van der Waals surface area (Å²) in [5.74, 6) is 2.41. The average Bonchev–Trinajstić information content (AvgIpc) is 3.38. The molecule has 0 saturated carbocycles. The highest BCUT2D eigenvalue weighted by atomic mass is 16.7. The van der Waals surface area contributed by atoms with Gasteiger partial charge in [-0.2, -0.15) is 0 Å². The van der Waals surface area contributed by atoms with E-state index in [1.54, 1.807) is 0 Å². The summed E-state index contributed by atoms with van der Waals surface area (Å²) in [6, 6.07) is 7.72. The molecular formula is C21H20N2O5. The molecule has 0 bridgehead atoms. The van der Waals surface area contributed by atoms with E-state index in [0.717, 1.165) is 46.9 Å². The molecular weight excluding hydrogens is 360 g/mol. The molecule has 0 spiro atoms. The normalized spacial score (nSPS) is 17.4. The fourth-order valence-corrected chi connectivity index (χ4v) is 3.64. The lowest BCUT2D eigenvalue weighted by Crippen LogP contribution is -2.15. The monoisotopic (exact) mass is 380 g/mol. The lowest BCUT2D eigenvalue weighted by molar-refractivity contribution is 0.0976. The van der Waals surface area contributed by atoms with Crippen molar-refractivity contribution < 1.29 is 23.7 Å². The molecule has 0 unspecified atom stereocenters. The molecule has 0 aromatic heterocycles. The van der Waals surface area contributed by atoms with E-state index in [0.29, 0.717) is 17.1 Å². The minimum Gasteiger partial charge on any atom is -0.454 e. The van der Waals surface area contributed by atoms with E-state index < -0.39 is 0 Å². The second-order valence-electron chi connectivity index (χ2n) is 7.19. The number of carbonyl (C=O) groups is 1. The Bertz CT molecular complexity index is 1010. The van der Waals surface area contributed by atoms with Crippen LogP contribution in [0.5, 0.6) is 23.0 Å². The van der Waals surface area contributed by atoms with Gasteiger partial charge >= 0.3 is 0 Å². The topological polar surface area (TPSA) is 69.3 Å². The van der Waals surface area contributed by atoms with Gasteiger partial charge in [-0.05, 0) is 62.0 Å². The van der Waals surface area contributed by atoms with Crippen molar-refractivity contribution >= 4 is 17.7 Å². The van der Waals surface area contributed by atoms with Gasteiger partial charge in [0.15, 0.2) is 23.0 Å². The lowest BCUT2D eigenvalue weighted by Gasteiger charge is -2.13. The number of hydrogen-bond acceptors (Lipinski definition) is 6. The van der Waals surface area contributed by atoms with E-state index >= 15 is 0 Å². The van der Waals surface area contributed by atoms with Gasteiger partial charge in [0.1, 0.15) is 0 Å². The smallest absolute Gasteiger partial charge is 0.260 e. The van der Waals surface area contributed by atoms with Gasteiger partial charge in [0, 0.05) is 17.8 Å². The van der Waals surface area contributed by atoms with E-state index in [1.165, 1.54) is 0 Å². The van der Waals surface area contributed by atoms with Crippen molar-refractivity contribution in [1.29, 1.82) is 0 Å². The Kier molecular flexibility index (Phi) is 3.91. The molecule has 0 fully saturated rings. The number of amides is 1. The van der Waals surface area contributed by atoms with E-state index in [1.807, 2.05) is 44.4 Å². The summed E-state index contributed by atoms with van der Waals surface area (Å²) in [5.41, 5.74) is 4.20. The summed E-state index contributed by atoms with van der Waals surface area (Å²) in [7, 11) is 4.09. The van der Waals surface area contributed by atoms with Crippen LogP contribution in [0.25, 0.3) is 11.8 Å². The average molecular weight is 380 g/mol. The molecule has 5 rings (SSSR count). The molecule has 144 valence electrons. The zero-order valence-corrected chi connectivity index (χ0v) is 15.7. The van der Waals surface area contributed by atoms with Crippen molar-refractivity contribution in [3.05, 3.63) is 46.5 Å². The number of nitrogens with zero attached hydrogens (tertiary/aromatic N) is 1. The predicted octanol–water partition coefficient (Wildman–Crippen LogP) is 2.49. The van der Waals surface area contributed by atoms with E-state index in [9.17, 15) is 4.79 Å². The fourth-order valence-electron chi connectivity index (χ4n) is 3.64. The molecule has 7 nitrogen and oxygen atoms in total. The summed E-state index contributed by atoms with van der Waals surface area (Å²) in [6.07, 6.45) is 2.84. The molecule has 1 N–H and O–H groups in total. The Labute approximate surface area is 162 Å². The van der Waals surface area contributed by atoms with E-state index in [-0.39, 0.29) is 19.5 Å². The molecule has 7 heteroatoms. The zero-order chi connectivity index (χ0) is 19.3. The lowest BCUT2D eigenvalue weighted by atomic mass is 9.99. The molecule has 3 heterocycles. The highest BCUT2D eigenvalue weighted by Gasteiger charge is 2.32. The first-order valence-electron chi connectivity index (χ1n) is 9.13. The third kappa shape index (κ3) is 2.75. The second-order valence-corrected chi connectivity index (χ2v) is 7.19.